The maximum Gasteiger partial charge on any atom is 0.257 e. The van der Waals surface area contributed by atoms with Crippen LogP contribution in [0.1, 0.15) is 16.1 Å². The summed E-state index contributed by atoms with van der Waals surface area (Å²) in [6.45, 7) is 1.82. The minimum absolute atomic E-state index is 0.230. The van der Waals surface area contributed by atoms with Gasteiger partial charge in [0.15, 0.2) is 5.82 Å². The van der Waals surface area contributed by atoms with Crippen LogP contribution in [0.2, 0.25) is 10.0 Å². The quantitative estimate of drug-likeness (QED) is 0.560. The lowest BCUT2D eigenvalue weighted by atomic mass is 10.2. The molecule has 0 unspecified atom stereocenters. The van der Waals surface area contributed by atoms with Gasteiger partial charge >= 0.3 is 0 Å². The lowest BCUT2D eigenvalue weighted by Crippen LogP contribution is -2.16. The van der Waals surface area contributed by atoms with Crippen LogP contribution < -0.4 is 5.32 Å². The first-order valence-electron chi connectivity index (χ1n) is 6.89. The molecule has 122 valence electrons. The van der Waals surface area contributed by atoms with Gasteiger partial charge < -0.3 is 5.32 Å². The summed E-state index contributed by atoms with van der Waals surface area (Å²) in [5.41, 5.74) is 1.31. The molecule has 1 aromatic carbocycles. The van der Waals surface area contributed by atoms with E-state index in [0.29, 0.717) is 27.2 Å². The van der Waals surface area contributed by atoms with Crippen LogP contribution in [0.5, 0.6) is 0 Å². The summed E-state index contributed by atoms with van der Waals surface area (Å²) in [6.07, 6.45) is 1.48. The molecule has 0 spiro atoms. The fourth-order valence-corrected chi connectivity index (χ4v) is 3.23. The van der Waals surface area contributed by atoms with Crippen molar-refractivity contribution in [3.8, 4) is 5.82 Å². The third-order valence-electron chi connectivity index (χ3n) is 3.18. The Hall–Kier alpha value is -1.64. The van der Waals surface area contributed by atoms with E-state index in [1.54, 1.807) is 18.2 Å². The van der Waals surface area contributed by atoms with E-state index in [9.17, 15) is 4.79 Å². The zero-order valence-corrected chi connectivity index (χ0v) is 16.1. The number of hydrogen-bond donors (Lipinski definition) is 1. The Kier molecular flexibility index (Phi) is 5.07. The number of benzene rings is 1. The number of carbonyl (C=O) groups is 1. The van der Waals surface area contributed by atoms with Crippen LogP contribution >= 0.6 is 45.8 Å². The fourth-order valence-electron chi connectivity index (χ4n) is 2.14. The number of anilines is 1. The molecule has 2 aromatic heterocycles. The second-order valence-electron chi connectivity index (χ2n) is 4.98. The third kappa shape index (κ3) is 3.55. The lowest BCUT2D eigenvalue weighted by Gasteiger charge is -2.10. The molecule has 0 bridgehead atoms. The van der Waals surface area contributed by atoms with Crippen LogP contribution in [-0.4, -0.2) is 20.7 Å². The van der Waals surface area contributed by atoms with Gasteiger partial charge in [-0.2, -0.15) is 9.78 Å². The van der Waals surface area contributed by atoms with Gasteiger partial charge in [0.1, 0.15) is 5.82 Å². The van der Waals surface area contributed by atoms with E-state index < -0.39 is 0 Å². The Morgan fingerprint density at radius 3 is 2.71 bits per heavy atom. The Bertz CT molecular complexity index is 926. The number of hydrogen-bond acceptors (Lipinski definition) is 3. The molecule has 3 rings (SSSR count). The van der Waals surface area contributed by atoms with E-state index in [-0.39, 0.29) is 5.91 Å². The minimum atomic E-state index is -0.230. The van der Waals surface area contributed by atoms with E-state index in [1.165, 1.54) is 10.9 Å². The average molecular weight is 473 g/mol. The molecule has 3 aromatic rings. The smallest absolute Gasteiger partial charge is 0.257 e. The van der Waals surface area contributed by atoms with E-state index in [1.807, 2.05) is 25.1 Å². The van der Waals surface area contributed by atoms with Crippen molar-refractivity contribution in [3.05, 3.63) is 67.5 Å². The number of amides is 1. The third-order valence-corrected chi connectivity index (χ3v) is 4.61. The first-order chi connectivity index (χ1) is 11.5. The van der Waals surface area contributed by atoms with E-state index >= 15 is 0 Å². The molecule has 1 amide bonds. The van der Waals surface area contributed by atoms with Crippen LogP contribution in [0.3, 0.4) is 0 Å². The number of nitrogens with one attached hydrogen (secondary N) is 1. The molecule has 0 aliphatic rings. The predicted molar refractivity (Wildman–Crippen MR) is 103 cm³/mol. The van der Waals surface area contributed by atoms with Gasteiger partial charge in [0.25, 0.3) is 5.91 Å². The number of carbonyl (C=O) groups excluding carboxylic acids is 1. The summed E-state index contributed by atoms with van der Waals surface area (Å²) in [5, 5.41) is 7.98. The molecule has 0 atom stereocenters. The van der Waals surface area contributed by atoms with Crippen LogP contribution in [0.15, 0.2) is 42.6 Å². The van der Waals surface area contributed by atoms with Crippen molar-refractivity contribution in [2.24, 2.45) is 0 Å². The normalized spacial score (nSPS) is 10.7. The van der Waals surface area contributed by atoms with Gasteiger partial charge in [-0.05, 0) is 47.7 Å². The number of aryl methyl sites for hydroxylation is 1. The Morgan fingerprint density at radius 2 is 2.00 bits per heavy atom. The standard InChI is InChI=1S/C16H11Cl2IN4O/c1-9-6-14(21-16(24)11-4-2-3-5-13(11)19)23(22-9)15-12(18)7-10(17)8-20-15/h2-8H,1H3,(H,21,24). The highest BCUT2D eigenvalue weighted by atomic mass is 127. The largest absolute Gasteiger partial charge is 0.306 e. The Balaban J connectivity index is 1.98. The first-order valence-corrected chi connectivity index (χ1v) is 8.73. The van der Waals surface area contributed by atoms with Gasteiger partial charge in [-0.3, -0.25) is 4.79 Å². The predicted octanol–water partition coefficient (Wildman–Crippen LogP) is 4.74. The lowest BCUT2D eigenvalue weighted by molar-refractivity contribution is 0.102. The second-order valence-corrected chi connectivity index (χ2v) is 6.98. The van der Waals surface area contributed by atoms with Crippen molar-refractivity contribution < 1.29 is 4.79 Å². The fraction of sp³-hybridized carbons (Fsp3) is 0.0625. The highest BCUT2D eigenvalue weighted by molar-refractivity contribution is 14.1. The summed E-state index contributed by atoms with van der Waals surface area (Å²) in [4.78, 5) is 16.7. The van der Waals surface area contributed by atoms with Crippen molar-refractivity contribution in [1.29, 1.82) is 0 Å². The van der Waals surface area contributed by atoms with Gasteiger partial charge in [-0.15, -0.1) is 0 Å². The maximum atomic E-state index is 12.5. The van der Waals surface area contributed by atoms with Crippen molar-refractivity contribution in [1.82, 2.24) is 14.8 Å². The average Bonchev–Trinajstić information content (AvgIpc) is 2.88. The highest BCUT2D eigenvalue weighted by Crippen LogP contribution is 2.25. The monoisotopic (exact) mass is 472 g/mol. The van der Waals surface area contributed by atoms with Crippen LogP contribution in [0.4, 0.5) is 5.82 Å². The van der Waals surface area contributed by atoms with Crippen LogP contribution in [0.25, 0.3) is 5.82 Å². The summed E-state index contributed by atoms with van der Waals surface area (Å²) in [7, 11) is 0. The van der Waals surface area contributed by atoms with Crippen molar-refractivity contribution in [2.75, 3.05) is 5.32 Å². The molecule has 8 heteroatoms. The zero-order valence-electron chi connectivity index (χ0n) is 12.4. The van der Waals surface area contributed by atoms with Crippen molar-refractivity contribution >= 4 is 57.5 Å². The van der Waals surface area contributed by atoms with Gasteiger partial charge in [0.2, 0.25) is 0 Å². The van der Waals surface area contributed by atoms with E-state index in [0.717, 1.165) is 9.26 Å². The van der Waals surface area contributed by atoms with Gasteiger partial charge in [-0.1, -0.05) is 35.3 Å². The molecule has 0 radical (unpaired) electrons. The van der Waals surface area contributed by atoms with Crippen LogP contribution in [-0.2, 0) is 0 Å². The highest BCUT2D eigenvalue weighted by Gasteiger charge is 2.16. The molecule has 0 saturated carbocycles. The molecule has 1 N–H and O–H groups in total. The summed E-state index contributed by atoms with van der Waals surface area (Å²) in [5.74, 6) is 0.646. The Labute approximate surface area is 162 Å². The SMILES string of the molecule is Cc1cc(NC(=O)c2ccccc2I)n(-c2ncc(Cl)cc2Cl)n1. The summed E-state index contributed by atoms with van der Waals surface area (Å²) >= 11 is 14.2. The minimum Gasteiger partial charge on any atom is -0.306 e. The molecule has 5 nitrogen and oxygen atoms in total. The number of rotatable bonds is 3. The number of halogens is 3. The molecular weight excluding hydrogens is 462 g/mol. The summed E-state index contributed by atoms with van der Waals surface area (Å²) < 4.78 is 2.35. The topological polar surface area (TPSA) is 59.8 Å². The molecule has 0 saturated heterocycles. The van der Waals surface area contributed by atoms with Gasteiger partial charge in [0, 0.05) is 15.8 Å². The zero-order chi connectivity index (χ0) is 17.3. The van der Waals surface area contributed by atoms with E-state index in [4.69, 9.17) is 23.2 Å². The number of nitrogens with zero attached hydrogens (tertiary/aromatic N) is 3. The Morgan fingerprint density at radius 1 is 1.25 bits per heavy atom. The molecular formula is C16H11Cl2IN4O. The molecule has 0 aliphatic carbocycles. The first kappa shape index (κ1) is 17.2. The molecule has 24 heavy (non-hydrogen) atoms. The second kappa shape index (κ2) is 7.08. The molecule has 0 aliphatic heterocycles. The number of pyridine rings is 1. The van der Waals surface area contributed by atoms with Gasteiger partial charge in [0.05, 0.1) is 21.3 Å². The van der Waals surface area contributed by atoms with Crippen molar-refractivity contribution in [2.45, 2.75) is 6.92 Å². The molecule has 2 heterocycles. The van der Waals surface area contributed by atoms with Crippen molar-refractivity contribution in [3.63, 3.8) is 0 Å². The van der Waals surface area contributed by atoms with Crippen LogP contribution in [0, 0.1) is 10.5 Å². The number of aromatic nitrogens is 3. The summed E-state index contributed by atoms with van der Waals surface area (Å²) in [6, 6.07) is 10.7. The maximum absolute atomic E-state index is 12.5. The molecule has 0 fully saturated rings. The van der Waals surface area contributed by atoms with E-state index in [2.05, 4.69) is 38.0 Å². The van der Waals surface area contributed by atoms with Gasteiger partial charge in [-0.25, -0.2) is 4.98 Å².